The zero-order valence-electron chi connectivity index (χ0n) is 12.4. The third kappa shape index (κ3) is 2.83. The fourth-order valence-electron chi connectivity index (χ4n) is 2.23. The number of ether oxygens (including phenoxy) is 4. The molecule has 1 aliphatic heterocycles. The van der Waals surface area contributed by atoms with E-state index >= 15 is 0 Å². The summed E-state index contributed by atoms with van der Waals surface area (Å²) in [7, 11) is 1.57. The van der Waals surface area contributed by atoms with E-state index in [1.54, 1.807) is 25.3 Å². The molecule has 0 amide bonds. The molecule has 22 heavy (non-hydrogen) atoms. The third-order valence-corrected chi connectivity index (χ3v) is 3.40. The molecule has 0 fully saturated rings. The number of carbonyl (C=O) groups excluding carboxylic acids is 1. The molecule has 0 atom stereocenters. The highest BCUT2D eigenvalue weighted by atomic mass is 16.7. The van der Waals surface area contributed by atoms with Crippen molar-refractivity contribution >= 4 is 5.78 Å². The molecule has 114 valence electrons. The van der Waals surface area contributed by atoms with Crippen LogP contribution >= 0.6 is 0 Å². The molecular formula is C17H16O5. The van der Waals surface area contributed by atoms with E-state index in [1.165, 1.54) is 6.92 Å². The molecule has 1 heterocycles. The van der Waals surface area contributed by atoms with Crippen molar-refractivity contribution in [3.05, 3.63) is 47.5 Å². The lowest BCUT2D eigenvalue weighted by molar-refractivity contribution is 0.101. The summed E-state index contributed by atoms with van der Waals surface area (Å²) >= 11 is 0. The smallest absolute Gasteiger partial charge is 0.231 e. The van der Waals surface area contributed by atoms with Crippen molar-refractivity contribution in [3.8, 4) is 23.0 Å². The highest BCUT2D eigenvalue weighted by Crippen LogP contribution is 2.33. The van der Waals surface area contributed by atoms with E-state index in [-0.39, 0.29) is 12.6 Å². The quantitative estimate of drug-likeness (QED) is 0.794. The first kappa shape index (κ1) is 14.3. The molecule has 5 heteroatoms. The molecule has 2 aromatic rings. The monoisotopic (exact) mass is 300 g/mol. The summed E-state index contributed by atoms with van der Waals surface area (Å²) in [5.74, 6) is 2.53. The van der Waals surface area contributed by atoms with E-state index in [2.05, 4.69) is 0 Å². The predicted molar refractivity (Wildman–Crippen MR) is 79.9 cm³/mol. The van der Waals surface area contributed by atoms with Gasteiger partial charge in [-0.3, -0.25) is 4.79 Å². The summed E-state index contributed by atoms with van der Waals surface area (Å²) in [5.41, 5.74) is 1.46. The van der Waals surface area contributed by atoms with Crippen LogP contribution in [0.2, 0.25) is 0 Å². The van der Waals surface area contributed by atoms with Crippen LogP contribution in [-0.2, 0) is 6.61 Å². The number of hydrogen-bond acceptors (Lipinski definition) is 5. The van der Waals surface area contributed by atoms with Gasteiger partial charge in [0.05, 0.1) is 12.7 Å². The zero-order chi connectivity index (χ0) is 15.5. The topological polar surface area (TPSA) is 54.0 Å². The van der Waals surface area contributed by atoms with Crippen LogP contribution in [-0.4, -0.2) is 19.7 Å². The van der Waals surface area contributed by atoms with Gasteiger partial charge in [-0.25, -0.2) is 0 Å². The molecule has 0 saturated heterocycles. The molecular weight excluding hydrogens is 284 g/mol. The molecule has 0 bridgehead atoms. The second-order valence-electron chi connectivity index (χ2n) is 4.89. The van der Waals surface area contributed by atoms with Crippen molar-refractivity contribution in [2.24, 2.45) is 0 Å². The average molecular weight is 300 g/mol. The van der Waals surface area contributed by atoms with Crippen molar-refractivity contribution in [2.45, 2.75) is 13.5 Å². The molecule has 0 aromatic heterocycles. The van der Waals surface area contributed by atoms with Crippen LogP contribution in [0.5, 0.6) is 23.0 Å². The minimum Gasteiger partial charge on any atom is -0.497 e. The number of rotatable bonds is 5. The Hall–Kier alpha value is -2.69. The van der Waals surface area contributed by atoms with Crippen LogP contribution in [0.3, 0.4) is 0 Å². The van der Waals surface area contributed by atoms with Gasteiger partial charge in [0.25, 0.3) is 0 Å². The number of Topliss-reactive ketones (excluding diaryl/α,β-unsaturated/α-hetero) is 1. The summed E-state index contributed by atoms with van der Waals surface area (Å²) in [5, 5.41) is 0. The number of methoxy groups -OCH3 is 1. The van der Waals surface area contributed by atoms with Gasteiger partial charge in [-0.15, -0.1) is 0 Å². The van der Waals surface area contributed by atoms with Gasteiger partial charge in [-0.05, 0) is 36.8 Å². The molecule has 0 N–H and O–H groups in total. The maximum absolute atomic E-state index is 11.7. The lowest BCUT2D eigenvalue weighted by atomic mass is 10.1. The zero-order valence-corrected chi connectivity index (χ0v) is 12.4. The summed E-state index contributed by atoms with van der Waals surface area (Å²) in [6.45, 7) is 2.07. The molecule has 1 aliphatic rings. The van der Waals surface area contributed by atoms with Gasteiger partial charge < -0.3 is 18.9 Å². The summed E-state index contributed by atoms with van der Waals surface area (Å²) < 4.78 is 21.6. The van der Waals surface area contributed by atoms with Crippen LogP contribution in [0.15, 0.2) is 36.4 Å². The van der Waals surface area contributed by atoms with Crippen LogP contribution in [0, 0.1) is 0 Å². The van der Waals surface area contributed by atoms with E-state index in [0.29, 0.717) is 29.4 Å². The van der Waals surface area contributed by atoms with Crippen molar-refractivity contribution in [3.63, 3.8) is 0 Å². The fourth-order valence-corrected chi connectivity index (χ4v) is 2.23. The van der Waals surface area contributed by atoms with Gasteiger partial charge in [0.2, 0.25) is 6.79 Å². The predicted octanol–water partition coefficient (Wildman–Crippen LogP) is 3.21. The Bertz CT molecular complexity index is 708. The minimum atomic E-state index is -0.0525. The van der Waals surface area contributed by atoms with Crippen LogP contribution < -0.4 is 18.9 Å². The van der Waals surface area contributed by atoms with Crippen molar-refractivity contribution in [2.75, 3.05) is 13.9 Å². The second-order valence-corrected chi connectivity index (χ2v) is 4.89. The van der Waals surface area contributed by atoms with Crippen LogP contribution in [0.4, 0.5) is 0 Å². The highest BCUT2D eigenvalue weighted by molar-refractivity contribution is 5.97. The van der Waals surface area contributed by atoms with Crippen molar-refractivity contribution in [1.82, 2.24) is 0 Å². The molecule has 3 rings (SSSR count). The molecule has 5 nitrogen and oxygen atoms in total. The lowest BCUT2D eigenvalue weighted by Gasteiger charge is -2.12. The normalized spacial score (nSPS) is 12.1. The number of fused-ring (bicyclic) bond motifs is 1. The summed E-state index contributed by atoms with van der Waals surface area (Å²) in [6.07, 6.45) is 0. The standard InChI is InChI=1S/C17H16O5/c1-11(18)14-5-4-13(19-2)8-16(14)20-9-12-3-6-15-17(7-12)22-10-21-15/h3-8H,9-10H2,1-2H3. The van der Waals surface area contributed by atoms with E-state index in [0.717, 1.165) is 11.3 Å². The number of ketones is 1. The molecule has 0 radical (unpaired) electrons. The maximum atomic E-state index is 11.7. The fraction of sp³-hybridized carbons (Fsp3) is 0.235. The van der Waals surface area contributed by atoms with Gasteiger partial charge in [0, 0.05) is 6.07 Å². The Morgan fingerprint density at radius 2 is 1.95 bits per heavy atom. The summed E-state index contributed by atoms with van der Waals surface area (Å²) in [4.78, 5) is 11.7. The van der Waals surface area contributed by atoms with Gasteiger partial charge >= 0.3 is 0 Å². The Kier molecular flexibility index (Phi) is 3.87. The Balaban J connectivity index is 1.79. The van der Waals surface area contributed by atoms with E-state index in [9.17, 15) is 4.79 Å². The minimum absolute atomic E-state index is 0.0525. The van der Waals surface area contributed by atoms with Crippen molar-refractivity contribution < 1.29 is 23.7 Å². The summed E-state index contributed by atoms with van der Waals surface area (Å²) in [6, 6.07) is 10.8. The number of benzene rings is 2. The number of carbonyl (C=O) groups is 1. The molecule has 0 unspecified atom stereocenters. The first-order valence-corrected chi connectivity index (χ1v) is 6.87. The van der Waals surface area contributed by atoms with Gasteiger partial charge in [0.15, 0.2) is 17.3 Å². The van der Waals surface area contributed by atoms with Gasteiger partial charge in [-0.2, -0.15) is 0 Å². The molecule has 2 aromatic carbocycles. The Morgan fingerprint density at radius 3 is 2.73 bits per heavy atom. The SMILES string of the molecule is COc1ccc(C(C)=O)c(OCc2ccc3c(c2)OCO3)c1. The molecule has 0 saturated carbocycles. The van der Waals surface area contributed by atoms with Gasteiger partial charge in [-0.1, -0.05) is 6.07 Å². The second kappa shape index (κ2) is 5.97. The average Bonchev–Trinajstić information content (AvgIpc) is 3.00. The van der Waals surface area contributed by atoms with Gasteiger partial charge in [0.1, 0.15) is 18.1 Å². The number of hydrogen-bond donors (Lipinski definition) is 0. The largest absolute Gasteiger partial charge is 0.497 e. The van der Waals surface area contributed by atoms with E-state index in [1.807, 2.05) is 18.2 Å². The molecule has 0 aliphatic carbocycles. The van der Waals surface area contributed by atoms with E-state index < -0.39 is 0 Å². The third-order valence-electron chi connectivity index (χ3n) is 3.40. The highest BCUT2D eigenvalue weighted by Gasteiger charge is 2.14. The first-order valence-electron chi connectivity index (χ1n) is 6.87. The van der Waals surface area contributed by atoms with Crippen LogP contribution in [0.1, 0.15) is 22.8 Å². The van der Waals surface area contributed by atoms with E-state index in [4.69, 9.17) is 18.9 Å². The Labute approximate surface area is 128 Å². The molecule has 0 spiro atoms. The maximum Gasteiger partial charge on any atom is 0.231 e. The Morgan fingerprint density at radius 1 is 1.14 bits per heavy atom. The lowest BCUT2D eigenvalue weighted by Crippen LogP contribution is -2.02. The van der Waals surface area contributed by atoms with Crippen molar-refractivity contribution in [1.29, 1.82) is 0 Å². The first-order chi connectivity index (χ1) is 10.7. The van der Waals surface area contributed by atoms with Crippen LogP contribution in [0.25, 0.3) is 0 Å².